The molecule has 4 rings (SSSR count). The fraction of sp³-hybridized carbons (Fsp3) is 0.273. The number of pyridine rings is 1. The van der Waals surface area contributed by atoms with Crippen molar-refractivity contribution < 1.29 is 13.2 Å². The molecule has 0 aliphatic rings. The zero-order chi connectivity index (χ0) is 22.9. The van der Waals surface area contributed by atoms with E-state index < -0.39 is 12.7 Å². The van der Waals surface area contributed by atoms with Crippen LogP contribution in [0.25, 0.3) is 22.3 Å². The van der Waals surface area contributed by atoms with Gasteiger partial charge >= 0.3 is 6.18 Å². The molecule has 0 spiro atoms. The van der Waals surface area contributed by atoms with Gasteiger partial charge in [0, 0.05) is 28.7 Å². The van der Waals surface area contributed by atoms with E-state index in [0.717, 1.165) is 16.3 Å². The first-order valence-corrected chi connectivity index (χ1v) is 10.3. The summed E-state index contributed by atoms with van der Waals surface area (Å²) in [6, 6.07) is 8.65. The van der Waals surface area contributed by atoms with E-state index in [1.165, 1.54) is 12.4 Å². The van der Waals surface area contributed by atoms with Gasteiger partial charge in [-0.15, -0.1) is 0 Å². The Morgan fingerprint density at radius 2 is 2.03 bits per heavy atom. The maximum absolute atomic E-state index is 12.8. The lowest BCUT2D eigenvalue weighted by atomic mass is 9.96. The molecule has 0 amide bonds. The molecule has 1 N–H and O–H groups in total. The van der Waals surface area contributed by atoms with Crippen molar-refractivity contribution in [3.8, 4) is 11.4 Å². The van der Waals surface area contributed by atoms with Crippen LogP contribution in [0.2, 0.25) is 5.02 Å². The maximum Gasteiger partial charge on any atom is 0.406 e. The number of alkyl halides is 3. The molecule has 0 aliphatic heterocycles. The second kappa shape index (κ2) is 8.74. The zero-order valence-electron chi connectivity index (χ0n) is 17.0. The predicted molar refractivity (Wildman–Crippen MR) is 116 cm³/mol. The summed E-state index contributed by atoms with van der Waals surface area (Å²) in [7, 11) is 0. The summed E-state index contributed by atoms with van der Waals surface area (Å²) >= 11 is 6.06. The van der Waals surface area contributed by atoms with E-state index in [4.69, 9.17) is 11.6 Å². The van der Waals surface area contributed by atoms with Gasteiger partial charge in [0.15, 0.2) is 0 Å². The average molecular weight is 462 g/mol. The van der Waals surface area contributed by atoms with Crippen molar-refractivity contribution in [2.45, 2.75) is 38.4 Å². The number of rotatable bonds is 6. The van der Waals surface area contributed by atoms with Gasteiger partial charge < -0.3 is 9.55 Å². The summed E-state index contributed by atoms with van der Waals surface area (Å²) in [6.45, 7) is 0.788. The molecule has 3 heterocycles. The molecule has 0 unspecified atom stereocenters. The minimum atomic E-state index is -4.36. The van der Waals surface area contributed by atoms with Crippen molar-refractivity contribution in [3.63, 3.8) is 0 Å². The monoisotopic (exact) mass is 461 g/mol. The van der Waals surface area contributed by atoms with Crippen LogP contribution in [0.1, 0.15) is 30.7 Å². The number of imidazole rings is 1. The van der Waals surface area contributed by atoms with Gasteiger partial charge in [-0.25, -0.2) is 15.0 Å². The molecule has 0 radical (unpaired) electrons. The molecule has 166 valence electrons. The molecule has 0 fully saturated rings. The predicted octanol–water partition coefficient (Wildman–Crippen LogP) is 5.13. The molecular weight excluding hydrogens is 443 g/mol. The van der Waals surface area contributed by atoms with Gasteiger partial charge in [-0.05, 0) is 48.1 Å². The molecular formula is C22H19ClF3N5O. The lowest BCUT2D eigenvalue weighted by Crippen LogP contribution is -2.18. The van der Waals surface area contributed by atoms with Gasteiger partial charge in [0.05, 0.1) is 23.9 Å². The van der Waals surface area contributed by atoms with Crippen LogP contribution in [0, 0.1) is 0 Å². The number of nitrogens with zero attached hydrogens (tertiary/aromatic N) is 4. The van der Waals surface area contributed by atoms with E-state index in [1.807, 2.05) is 13.0 Å². The number of nitrogens with one attached hydrogen (secondary N) is 1. The number of hydrogen-bond donors (Lipinski definition) is 1. The normalized spacial score (nSPS) is 12.9. The van der Waals surface area contributed by atoms with Crippen LogP contribution in [0.15, 0.2) is 53.8 Å². The highest BCUT2D eigenvalue weighted by Gasteiger charge is 2.29. The number of fused-ring (bicyclic) bond motifs is 1. The van der Waals surface area contributed by atoms with Crippen LogP contribution in [-0.4, -0.2) is 30.7 Å². The SMILES string of the molecule is C[C@H](CCc1nccc(-c2cncn2CC(F)(F)F)n1)c1cc2cc(Cl)ccc2[nH]c1=O. The van der Waals surface area contributed by atoms with Crippen LogP contribution in [0.4, 0.5) is 13.2 Å². The standard InChI is InChI=1S/C22H19ClF3N5O/c1-13(16-9-14-8-15(23)3-4-17(14)30-21(16)32)2-5-20-28-7-6-18(29-20)19-10-27-12-31(19)11-22(24,25)26/h3-4,6-10,12-13H,2,5,11H2,1H3,(H,30,32)/t13-/m1/s1. The van der Waals surface area contributed by atoms with E-state index in [1.54, 1.807) is 24.3 Å². The van der Waals surface area contributed by atoms with E-state index in [9.17, 15) is 18.0 Å². The highest BCUT2D eigenvalue weighted by atomic mass is 35.5. The van der Waals surface area contributed by atoms with Gasteiger partial charge in [0.25, 0.3) is 5.56 Å². The smallest absolute Gasteiger partial charge is 0.322 e. The Kier molecular flexibility index (Phi) is 6.01. The number of halogens is 4. The Morgan fingerprint density at radius 3 is 2.81 bits per heavy atom. The molecule has 0 saturated heterocycles. The molecule has 0 bridgehead atoms. The summed E-state index contributed by atoms with van der Waals surface area (Å²) in [5.74, 6) is 0.388. The average Bonchev–Trinajstić information content (AvgIpc) is 3.18. The minimum absolute atomic E-state index is 0.0925. The van der Waals surface area contributed by atoms with Crippen molar-refractivity contribution in [1.82, 2.24) is 24.5 Å². The molecule has 4 aromatic rings. The Bertz CT molecular complexity index is 1310. The lowest BCUT2D eigenvalue weighted by molar-refractivity contribution is -0.140. The summed E-state index contributed by atoms with van der Waals surface area (Å²) < 4.78 is 39.4. The van der Waals surface area contributed by atoms with E-state index in [-0.39, 0.29) is 17.2 Å². The van der Waals surface area contributed by atoms with Gasteiger partial charge in [0.2, 0.25) is 0 Å². The topological polar surface area (TPSA) is 76.5 Å². The van der Waals surface area contributed by atoms with Crippen molar-refractivity contribution in [2.75, 3.05) is 0 Å². The molecule has 1 atom stereocenters. The summed E-state index contributed by atoms with van der Waals surface area (Å²) in [6.07, 6.45) is 0.664. The molecule has 0 aliphatic carbocycles. The molecule has 32 heavy (non-hydrogen) atoms. The van der Waals surface area contributed by atoms with E-state index in [0.29, 0.717) is 40.5 Å². The molecule has 3 aromatic heterocycles. The summed E-state index contributed by atoms with van der Waals surface area (Å²) in [5.41, 5.74) is 1.79. The number of aromatic nitrogens is 5. The quantitative estimate of drug-likeness (QED) is 0.431. The summed E-state index contributed by atoms with van der Waals surface area (Å²) in [4.78, 5) is 27.9. The highest BCUT2D eigenvalue weighted by Crippen LogP contribution is 2.25. The van der Waals surface area contributed by atoms with Gasteiger partial charge in [-0.3, -0.25) is 4.79 Å². The second-order valence-corrected chi connectivity index (χ2v) is 8.04. The first kappa shape index (κ1) is 22.0. The summed E-state index contributed by atoms with van der Waals surface area (Å²) in [5, 5.41) is 1.42. The number of H-pyrrole nitrogens is 1. The first-order valence-electron chi connectivity index (χ1n) is 9.91. The third-order valence-corrected chi connectivity index (χ3v) is 5.43. The van der Waals surface area contributed by atoms with Crippen molar-refractivity contribution in [3.05, 3.63) is 75.8 Å². The van der Waals surface area contributed by atoms with Crippen LogP contribution < -0.4 is 5.56 Å². The Hall–Kier alpha value is -3.20. The Labute approximate surface area is 186 Å². The van der Waals surface area contributed by atoms with Crippen LogP contribution in [0.3, 0.4) is 0 Å². The van der Waals surface area contributed by atoms with Gasteiger partial charge in [-0.2, -0.15) is 13.2 Å². The second-order valence-electron chi connectivity index (χ2n) is 7.61. The minimum Gasteiger partial charge on any atom is -0.322 e. The number of aromatic amines is 1. The van der Waals surface area contributed by atoms with E-state index >= 15 is 0 Å². The van der Waals surface area contributed by atoms with Crippen molar-refractivity contribution >= 4 is 22.5 Å². The van der Waals surface area contributed by atoms with Crippen LogP contribution >= 0.6 is 11.6 Å². The molecule has 6 nitrogen and oxygen atoms in total. The fourth-order valence-electron chi connectivity index (χ4n) is 3.58. The van der Waals surface area contributed by atoms with Gasteiger partial charge in [-0.1, -0.05) is 18.5 Å². The van der Waals surface area contributed by atoms with Crippen molar-refractivity contribution in [2.24, 2.45) is 0 Å². The number of hydrogen-bond acceptors (Lipinski definition) is 4. The van der Waals surface area contributed by atoms with Gasteiger partial charge in [0.1, 0.15) is 12.4 Å². The zero-order valence-corrected chi connectivity index (χ0v) is 17.8. The first-order chi connectivity index (χ1) is 15.2. The fourth-order valence-corrected chi connectivity index (χ4v) is 3.76. The highest BCUT2D eigenvalue weighted by molar-refractivity contribution is 6.31. The molecule has 10 heteroatoms. The number of benzene rings is 1. The molecule has 0 saturated carbocycles. The van der Waals surface area contributed by atoms with Crippen molar-refractivity contribution in [1.29, 1.82) is 0 Å². The third-order valence-electron chi connectivity index (χ3n) is 5.20. The van der Waals surface area contributed by atoms with E-state index in [2.05, 4.69) is 19.9 Å². The Balaban J connectivity index is 1.52. The third kappa shape index (κ3) is 4.99. The number of aryl methyl sites for hydroxylation is 1. The molecule has 1 aromatic carbocycles. The van der Waals surface area contributed by atoms with Crippen LogP contribution in [-0.2, 0) is 13.0 Å². The lowest BCUT2D eigenvalue weighted by Gasteiger charge is -2.13. The Morgan fingerprint density at radius 1 is 1.22 bits per heavy atom. The van der Waals surface area contributed by atoms with Crippen LogP contribution in [0.5, 0.6) is 0 Å². The largest absolute Gasteiger partial charge is 0.406 e. The maximum atomic E-state index is 12.8.